The fourth-order valence-corrected chi connectivity index (χ4v) is 3.79. The molecular formula is C18H18N2O3S. The molecule has 1 heterocycles. The van der Waals surface area contributed by atoms with Crippen LogP contribution in [0.1, 0.15) is 5.56 Å². The van der Waals surface area contributed by atoms with E-state index in [9.17, 15) is 13.8 Å². The molecule has 0 aromatic heterocycles. The standard InChI is InChI=1S/C18H18N2O3S/c21-17-15(13-24(23)16-9-5-2-6-10-16)12-20(17)18(22)19-11-14-7-3-1-4-8-14/h1-10,15H,11-13H2,(H,19,22)/t15-,24?/m0/s1. The molecule has 1 fully saturated rings. The Bertz CT molecular complexity index is 749. The zero-order valence-electron chi connectivity index (χ0n) is 13.1. The minimum absolute atomic E-state index is 0.255. The van der Waals surface area contributed by atoms with E-state index < -0.39 is 16.8 Å². The van der Waals surface area contributed by atoms with Gasteiger partial charge in [0.1, 0.15) is 0 Å². The van der Waals surface area contributed by atoms with Gasteiger partial charge in [-0.2, -0.15) is 0 Å². The number of β-lactam (4-membered cyclic amide) rings is 1. The minimum atomic E-state index is -1.22. The maximum atomic E-state index is 12.2. The normalized spacial score (nSPS) is 17.9. The Morgan fingerprint density at radius 3 is 2.33 bits per heavy atom. The highest BCUT2D eigenvalue weighted by Gasteiger charge is 2.41. The molecule has 1 saturated heterocycles. The average molecular weight is 342 g/mol. The molecule has 1 unspecified atom stereocenters. The first kappa shape index (κ1) is 16.4. The van der Waals surface area contributed by atoms with Crippen LogP contribution in [0, 0.1) is 5.92 Å². The molecule has 0 radical (unpaired) electrons. The van der Waals surface area contributed by atoms with Crippen LogP contribution in [0.5, 0.6) is 0 Å². The van der Waals surface area contributed by atoms with Crippen molar-refractivity contribution in [3.05, 3.63) is 66.2 Å². The summed E-state index contributed by atoms with van der Waals surface area (Å²) in [6.45, 7) is 0.697. The number of carbonyl (C=O) groups is 2. The molecule has 1 N–H and O–H groups in total. The maximum Gasteiger partial charge on any atom is 0.324 e. The van der Waals surface area contributed by atoms with Crippen LogP contribution < -0.4 is 5.32 Å². The summed E-state index contributed by atoms with van der Waals surface area (Å²) in [5.41, 5.74) is 0.973. The molecule has 1 aliphatic rings. The Hall–Kier alpha value is -2.47. The van der Waals surface area contributed by atoms with Crippen molar-refractivity contribution in [2.45, 2.75) is 11.4 Å². The van der Waals surface area contributed by atoms with Gasteiger partial charge < -0.3 is 5.32 Å². The molecule has 2 aromatic rings. The maximum absolute atomic E-state index is 12.2. The second kappa shape index (κ2) is 7.40. The molecule has 2 atom stereocenters. The van der Waals surface area contributed by atoms with E-state index in [1.165, 1.54) is 4.90 Å². The monoisotopic (exact) mass is 342 g/mol. The molecule has 0 aliphatic carbocycles. The van der Waals surface area contributed by atoms with E-state index in [4.69, 9.17) is 0 Å². The number of hydrogen-bond donors (Lipinski definition) is 1. The lowest BCUT2D eigenvalue weighted by atomic mass is 10.0. The molecule has 24 heavy (non-hydrogen) atoms. The molecule has 0 saturated carbocycles. The molecule has 6 heteroatoms. The van der Waals surface area contributed by atoms with Crippen molar-refractivity contribution < 1.29 is 13.8 Å². The predicted molar refractivity (Wildman–Crippen MR) is 91.6 cm³/mol. The molecule has 2 aromatic carbocycles. The van der Waals surface area contributed by atoms with E-state index >= 15 is 0 Å². The van der Waals surface area contributed by atoms with Crippen molar-refractivity contribution in [3.8, 4) is 0 Å². The summed E-state index contributed by atoms with van der Waals surface area (Å²) >= 11 is 0. The third-order valence-electron chi connectivity index (χ3n) is 3.91. The van der Waals surface area contributed by atoms with Crippen molar-refractivity contribution in [2.24, 2.45) is 5.92 Å². The SMILES string of the molecule is O=C(NCc1ccccc1)N1C[C@@H](CS(=O)c2ccccc2)C1=O. The highest BCUT2D eigenvalue weighted by molar-refractivity contribution is 7.85. The van der Waals surface area contributed by atoms with Crippen molar-refractivity contribution in [2.75, 3.05) is 12.3 Å². The third kappa shape index (κ3) is 3.71. The fraction of sp³-hybridized carbons (Fsp3) is 0.222. The Labute approximate surface area is 143 Å². The van der Waals surface area contributed by atoms with E-state index in [-0.39, 0.29) is 17.6 Å². The van der Waals surface area contributed by atoms with Crippen LogP contribution in [-0.4, -0.2) is 33.3 Å². The van der Waals surface area contributed by atoms with Gasteiger partial charge in [0.2, 0.25) is 5.91 Å². The number of rotatable bonds is 5. The Morgan fingerprint density at radius 2 is 1.71 bits per heavy atom. The first-order chi connectivity index (χ1) is 11.6. The van der Waals surface area contributed by atoms with E-state index in [0.717, 1.165) is 5.56 Å². The highest BCUT2D eigenvalue weighted by Crippen LogP contribution is 2.21. The van der Waals surface area contributed by atoms with Crippen LogP contribution >= 0.6 is 0 Å². The molecule has 124 valence electrons. The Morgan fingerprint density at radius 1 is 1.08 bits per heavy atom. The quantitative estimate of drug-likeness (QED) is 0.847. The van der Waals surface area contributed by atoms with Crippen LogP contribution in [0.2, 0.25) is 0 Å². The number of nitrogens with one attached hydrogen (secondary N) is 1. The first-order valence-electron chi connectivity index (χ1n) is 7.71. The van der Waals surface area contributed by atoms with Gasteiger partial charge in [0, 0.05) is 23.7 Å². The molecule has 1 aliphatic heterocycles. The van der Waals surface area contributed by atoms with Gasteiger partial charge in [-0.3, -0.25) is 13.9 Å². The smallest absolute Gasteiger partial charge is 0.324 e. The van der Waals surface area contributed by atoms with Crippen LogP contribution in [0.4, 0.5) is 4.79 Å². The zero-order valence-corrected chi connectivity index (χ0v) is 13.9. The lowest BCUT2D eigenvalue weighted by Crippen LogP contribution is -2.59. The summed E-state index contributed by atoms with van der Waals surface area (Å²) < 4.78 is 12.2. The van der Waals surface area contributed by atoms with E-state index in [1.54, 1.807) is 12.1 Å². The van der Waals surface area contributed by atoms with Crippen molar-refractivity contribution in [3.63, 3.8) is 0 Å². The second-order valence-electron chi connectivity index (χ2n) is 5.62. The Kier molecular flexibility index (Phi) is 5.05. The summed E-state index contributed by atoms with van der Waals surface area (Å²) in [6, 6.07) is 18.2. The second-order valence-corrected chi connectivity index (χ2v) is 7.11. The fourth-order valence-electron chi connectivity index (χ4n) is 2.52. The van der Waals surface area contributed by atoms with Gasteiger partial charge in [-0.15, -0.1) is 0 Å². The number of imide groups is 1. The molecule has 0 spiro atoms. The van der Waals surface area contributed by atoms with E-state index in [1.807, 2.05) is 48.5 Å². The van der Waals surface area contributed by atoms with E-state index in [0.29, 0.717) is 18.0 Å². The number of benzene rings is 2. The van der Waals surface area contributed by atoms with Crippen LogP contribution in [0.3, 0.4) is 0 Å². The van der Waals surface area contributed by atoms with Gasteiger partial charge in [-0.1, -0.05) is 48.5 Å². The van der Waals surface area contributed by atoms with Gasteiger partial charge in [-0.05, 0) is 17.7 Å². The number of likely N-dealkylation sites (tertiary alicyclic amines) is 1. The summed E-state index contributed by atoms with van der Waals surface area (Å²) in [6.07, 6.45) is 0. The summed E-state index contributed by atoms with van der Waals surface area (Å²) in [4.78, 5) is 26.0. The lowest BCUT2D eigenvalue weighted by molar-refractivity contribution is -0.141. The van der Waals surface area contributed by atoms with E-state index in [2.05, 4.69) is 5.32 Å². The predicted octanol–water partition coefficient (Wildman–Crippen LogP) is 2.16. The number of urea groups is 1. The lowest BCUT2D eigenvalue weighted by Gasteiger charge is -2.36. The van der Waals surface area contributed by atoms with Crippen molar-refractivity contribution >= 4 is 22.7 Å². The van der Waals surface area contributed by atoms with Gasteiger partial charge >= 0.3 is 6.03 Å². The largest absolute Gasteiger partial charge is 0.334 e. The van der Waals surface area contributed by atoms with Gasteiger partial charge in [-0.25, -0.2) is 4.79 Å². The molecule has 5 nitrogen and oxygen atoms in total. The van der Waals surface area contributed by atoms with Crippen molar-refractivity contribution in [1.29, 1.82) is 0 Å². The topological polar surface area (TPSA) is 66.5 Å². The zero-order chi connectivity index (χ0) is 16.9. The summed E-state index contributed by atoms with van der Waals surface area (Å²) in [5.74, 6) is -0.357. The van der Waals surface area contributed by atoms with Gasteiger partial charge in [0.25, 0.3) is 0 Å². The highest BCUT2D eigenvalue weighted by atomic mass is 32.2. The number of carbonyl (C=O) groups excluding carboxylic acids is 2. The molecule has 3 rings (SSSR count). The minimum Gasteiger partial charge on any atom is -0.334 e. The third-order valence-corrected chi connectivity index (χ3v) is 5.41. The van der Waals surface area contributed by atoms with Crippen LogP contribution in [0.25, 0.3) is 0 Å². The molecule has 0 bridgehead atoms. The first-order valence-corrected chi connectivity index (χ1v) is 9.03. The average Bonchev–Trinajstić information content (AvgIpc) is 2.64. The molecule has 3 amide bonds. The summed E-state index contributed by atoms with van der Waals surface area (Å²) in [7, 11) is -1.22. The number of nitrogens with zero attached hydrogens (tertiary/aromatic N) is 1. The summed E-state index contributed by atoms with van der Waals surface area (Å²) in [5, 5.41) is 2.73. The van der Waals surface area contributed by atoms with Gasteiger partial charge in [0.05, 0.1) is 16.7 Å². The Balaban J connectivity index is 1.48. The van der Waals surface area contributed by atoms with Crippen LogP contribution in [-0.2, 0) is 22.1 Å². The van der Waals surface area contributed by atoms with Crippen LogP contribution in [0.15, 0.2) is 65.6 Å². The number of amides is 3. The molecular weight excluding hydrogens is 324 g/mol. The van der Waals surface area contributed by atoms with Crippen molar-refractivity contribution in [1.82, 2.24) is 10.2 Å². The van der Waals surface area contributed by atoms with Gasteiger partial charge in [0.15, 0.2) is 0 Å². The number of hydrogen-bond acceptors (Lipinski definition) is 3.